The third-order valence-corrected chi connectivity index (χ3v) is 3.32. The number of ether oxygens (including phenoxy) is 2. The van der Waals surface area contributed by atoms with E-state index in [4.69, 9.17) is 9.47 Å². The van der Waals surface area contributed by atoms with Gasteiger partial charge in [0.2, 0.25) is 0 Å². The monoisotopic (exact) mass is 278 g/mol. The number of piperazine rings is 1. The zero-order valence-electron chi connectivity index (χ0n) is 12.1. The number of amides is 1. The minimum Gasteiger partial charge on any atom is -0.490 e. The Morgan fingerprint density at radius 1 is 1.40 bits per heavy atom. The van der Waals surface area contributed by atoms with Crippen LogP contribution in [0.3, 0.4) is 0 Å². The normalized spacial score (nSPS) is 18.9. The minimum absolute atomic E-state index is 0.0337. The molecule has 0 aliphatic carbocycles. The molecule has 0 unspecified atom stereocenters. The quantitative estimate of drug-likeness (QED) is 0.821. The van der Waals surface area contributed by atoms with E-state index >= 15 is 0 Å². The molecule has 0 aromatic heterocycles. The van der Waals surface area contributed by atoms with Gasteiger partial charge in [-0.05, 0) is 19.1 Å². The van der Waals surface area contributed by atoms with Crippen molar-refractivity contribution in [2.45, 2.75) is 13.0 Å². The lowest BCUT2D eigenvalue weighted by atomic mass is 10.1. The van der Waals surface area contributed by atoms with Crippen molar-refractivity contribution in [2.75, 3.05) is 40.0 Å². The Labute approximate surface area is 119 Å². The van der Waals surface area contributed by atoms with Crippen molar-refractivity contribution in [2.24, 2.45) is 0 Å². The van der Waals surface area contributed by atoms with Gasteiger partial charge in [-0.2, -0.15) is 0 Å². The van der Waals surface area contributed by atoms with Crippen LogP contribution < -0.4 is 10.1 Å². The van der Waals surface area contributed by atoms with Crippen molar-refractivity contribution in [1.82, 2.24) is 10.2 Å². The largest absolute Gasteiger partial charge is 0.490 e. The lowest BCUT2D eigenvalue weighted by Gasteiger charge is -2.32. The number of benzene rings is 1. The molecule has 1 saturated heterocycles. The summed E-state index contributed by atoms with van der Waals surface area (Å²) in [7, 11) is 1.63. The second kappa shape index (κ2) is 7.26. The van der Waals surface area contributed by atoms with E-state index in [1.54, 1.807) is 7.11 Å². The van der Waals surface area contributed by atoms with Gasteiger partial charge in [-0.1, -0.05) is 12.1 Å². The van der Waals surface area contributed by atoms with Gasteiger partial charge in [-0.15, -0.1) is 0 Å². The van der Waals surface area contributed by atoms with Crippen molar-refractivity contribution in [1.29, 1.82) is 0 Å². The lowest BCUT2D eigenvalue weighted by Crippen LogP contribution is -2.51. The van der Waals surface area contributed by atoms with Crippen molar-refractivity contribution in [3.05, 3.63) is 29.8 Å². The molecule has 1 fully saturated rings. The highest BCUT2D eigenvalue weighted by atomic mass is 16.5. The van der Waals surface area contributed by atoms with Gasteiger partial charge in [0.15, 0.2) is 0 Å². The topological polar surface area (TPSA) is 50.8 Å². The molecule has 5 nitrogen and oxygen atoms in total. The SMILES string of the molecule is COCCOc1ccccc1C(=O)N1CCN[C@@H](C)C1. The summed E-state index contributed by atoms with van der Waals surface area (Å²) in [5.74, 6) is 0.659. The van der Waals surface area contributed by atoms with Gasteiger partial charge in [0.05, 0.1) is 12.2 Å². The van der Waals surface area contributed by atoms with Gasteiger partial charge in [-0.3, -0.25) is 4.79 Å². The first-order valence-corrected chi connectivity index (χ1v) is 6.96. The van der Waals surface area contributed by atoms with Gasteiger partial charge in [0, 0.05) is 32.8 Å². The molecule has 1 aliphatic heterocycles. The summed E-state index contributed by atoms with van der Waals surface area (Å²) in [6, 6.07) is 7.71. The van der Waals surface area contributed by atoms with Crippen LogP contribution in [0.4, 0.5) is 0 Å². The number of hydrogen-bond donors (Lipinski definition) is 1. The first kappa shape index (κ1) is 14.8. The third-order valence-electron chi connectivity index (χ3n) is 3.32. The lowest BCUT2D eigenvalue weighted by molar-refractivity contribution is 0.0702. The zero-order valence-corrected chi connectivity index (χ0v) is 12.1. The fraction of sp³-hybridized carbons (Fsp3) is 0.533. The maximum absolute atomic E-state index is 12.6. The predicted octanol–water partition coefficient (Wildman–Crippen LogP) is 1.15. The first-order chi connectivity index (χ1) is 9.72. The summed E-state index contributed by atoms with van der Waals surface area (Å²) in [6.07, 6.45) is 0. The van der Waals surface area contributed by atoms with E-state index in [0.29, 0.717) is 30.6 Å². The highest BCUT2D eigenvalue weighted by Crippen LogP contribution is 2.20. The molecule has 1 heterocycles. The molecule has 5 heteroatoms. The maximum Gasteiger partial charge on any atom is 0.257 e. The second-order valence-corrected chi connectivity index (χ2v) is 4.94. The smallest absolute Gasteiger partial charge is 0.257 e. The number of carbonyl (C=O) groups is 1. The predicted molar refractivity (Wildman–Crippen MR) is 77.2 cm³/mol. The van der Waals surface area contributed by atoms with Crippen molar-refractivity contribution >= 4 is 5.91 Å². The molecule has 0 radical (unpaired) electrons. The van der Waals surface area contributed by atoms with E-state index in [-0.39, 0.29) is 5.91 Å². The van der Waals surface area contributed by atoms with Gasteiger partial charge >= 0.3 is 0 Å². The van der Waals surface area contributed by atoms with Gasteiger partial charge in [0.1, 0.15) is 12.4 Å². The number of rotatable bonds is 5. The molecule has 1 aromatic rings. The Bertz CT molecular complexity index is 450. The second-order valence-electron chi connectivity index (χ2n) is 4.94. The van der Waals surface area contributed by atoms with Crippen LogP contribution >= 0.6 is 0 Å². The number of nitrogens with zero attached hydrogens (tertiary/aromatic N) is 1. The molecule has 1 atom stereocenters. The molecule has 20 heavy (non-hydrogen) atoms. The van der Waals surface area contributed by atoms with E-state index in [0.717, 1.165) is 19.6 Å². The van der Waals surface area contributed by atoms with E-state index in [1.807, 2.05) is 29.2 Å². The molecule has 0 bridgehead atoms. The van der Waals surface area contributed by atoms with Crippen LogP contribution in [-0.2, 0) is 4.74 Å². The molecule has 1 aliphatic rings. The Balaban J connectivity index is 2.08. The van der Waals surface area contributed by atoms with Crippen LogP contribution in [0, 0.1) is 0 Å². The Morgan fingerprint density at radius 3 is 2.95 bits per heavy atom. The van der Waals surface area contributed by atoms with Crippen molar-refractivity contribution in [3.8, 4) is 5.75 Å². The number of methoxy groups -OCH3 is 1. The van der Waals surface area contributed by atoms with Crippen LogP contribution in [0.25, 0.3) is 0 Å². The van der Waals surface area contributed by atoms with E-state index in [1.165, 1.54) is 0 Å². The minimum atomic E-state index is 0.0337. The third kappa shape index (κ3) is 3.71. The molecule has 0 spiro atoms. The number of para-hydroxylation sites is 1. The average molecular weight is 278 g/mol. The first-order valence-electron chi connectivity index (χ1n) is 6.96. The summed E-state index contributed by atoms with van der Waals surface area (Å²) in [5, 5.41) is 3.33. The van der Waals surface area contributed by atoms with Crippen LogP contribution in [0.5, 0.6) is 5.75 Å². The fourth-order valence-corrected chi connectivity index (χ4v) is 2.29. The van der Waals surface area contributed by atoms with Crippen LogP contribution in [0.1, 0.15) is 17.3 Å². The number of carbonyl (C=O) groups excluding carboxylic acids is 1. The summed E-state index contributed by atoms with van der Waals surface area (Å²) in [6.45, 7) is 5.33. The molecule has 2 rings (SSSR count). The Hall–Kier alpha value is -1.59. The van der Waals surface area contributed by atoms with Crippen LogP contribution in [-0.4, -0.2) is 56.8 Å². The summed E-state index contributed by atoms with van der Waals surface area (Å²) in [5.41, 5.74) is 0.623. The Morgan fingerprint density at radius 2 is 2.20 bits per heavy atom. The molecule has 0 saturated carbocycles. The van der Waals surface area contributed by atoms with Crippen molar-refractivity contribution in [3.63, 3.8) is 0 Å². The molecule has 1 amide bonds. The van der Waals surface area contributed by atoms with Crippen LogP contribution in [0.2, 0.25) is 0 Å². The molecule has 110 valence electrons. The molecular formula is C15H22N2O3. The van der Waals surface area contributed by atoms with Gasteiger partial charge in [-0.25, -0.2) is 0 Å². The molecule has 1 N–H and O–H groups in total. The zero-order chi connectivity index (χ0) is 14.4. The molecular weight excluding hydrogens is 256 g/mol. The van der Waals surface area contributed by atoms with Gasteiger partial charge in [0.25, 0.3) is 5.91 Å². The number of hydrogen-bond acceptors (Lipinski definition) is 4. The van der Waals surface area contributed by atoms with Crippen molar-refractivity contribution < 1.29 is 14.3 Å². The van der Waals surface area contributed by atoms with Crippen LogP contribution in [0.15, 0.2) is 24.3 Å². The summed E-state index contributed by atoms with van der Waals surface area (Å²) < 4.78 is 10.6. The fourth-order valence-electron chi connectivity index (χ4n) is 2.29. The summed E-state index contributed by atoms with van der Waals surface area (Å²) in [4.78, 5) is 14.5. The standard InChI is InChI=1S/C15H22N2O3/c1-12-11-17(8-7-16-12)15(18)13-5-3-4-6-14(13)20-10-9-19-2/h3-6,12,16H,7-11H2,1-2H3/t12-/m0/s1. The van der Waals surface area contributed by atoms with E-state index < -0.39 is 0 Å². The average Bonchev–Trinajstić information content (AvgIpc) is 2.47. The Kier molecular flexibility index (Phi) is 5.38. The highest BCUT2D eigenvalue weighted by molar-refractivity contribution is 5.97. The summed E-state index contributed by atoms with van der Waals surface area (Å²) >= 11 is 0. The van der Waals surface area contributed by atoms with E-state index in [9.17, 15) is 4.79 Å². The maximum atomic E-state index is 12.6. The van der Waals surface area contributed by atoms with Gasteiger partial charge < -0.3 is 19.7 Å². The number of nitrogens with one attached hydrogen (secondary N) is 1. The molecule has 1 aromatic carbocycles. The van der Waals surface area contributed by atoms with E-state index in [2.05, 4.69) is 12.2 Å². The highest BCUT2D eigenvalue weighted by Gasteiger charge is 2.23.